The van der Waals surface area contributed by atoms with Gasteiger partial charge in [-0.05, 0) is 12.1 Å². The van der Waals surface area contributed by atoms with Crippen LogP contribution in [-0.2, 0) is 11.3 Å². The minimum Gasteiger partial charge on any atom is -0.453 e. The molecule has 0 saturated carbocycles. The number of methoxy groups -OCH3 is 1. The molecule has 0 atom stereocenters. The van der Waals surface area contributed by atoms with Crippen molar-refractivity contribution in [1.82, 2.24) is 4.98 Å². The predicted octanol–water partition coefficient (Wildman–Crippen LogP) is 0.752. The molecule has 0 spiro atoms. The Morgan fingerprint density at radius 1 is 1.69 bits per heavy atom. The van der Waals surface area contributed by atoms with Gasteiger partial charge in [-0.1, -0.05) is 6.07 Å². The maximum Gasteiger partial charge on any atom is 0.412 e. The van der Waals surface area contributed by atoms with E-state index in [2.05, 4.69) is 15.0 Å². The second kappa shape index (κ2) is 4.42. The molecule has 0 aliphatic heterocycles. The summed E-state index contributed by atoms with van der Waals surface area (Å²) in [6.45, 7) is -0.156. The van der Waals surface area contributed by atoms with Crippen molar-refractivity contribution in [3.05, 3.63) is 23.9 Å². The summed E-state index contributed by atoms with van der Waals surface area (Å²) in [5, 5.41) is 11.1. The molecule has 1 rings (SSSR count). The molecule has 1 heterocycles. The molecule has 70 valence electrons. The van der Waals surface area contributed by atoms with E-state index in [1.54, 1.807) is 18.2 Å². The SMILES string of the molecule is COC(=O)Nc1cccc(CO)n1. The van der Waals surface area contributed by atoms with Gasteiger partial charge in [-0.15, -0.1) is 0 Å². The van der Waals surface area contributed by atoms with Crippen molar-refractivity contribution < 1.29 is 14.6 Å². The fourth-order valence-corrected chi connectivity index (χ4v) is 0.793. The number of amides is 1. The van der Waals surface area contributed by atoms with Crippen LogP contribution in [0.1, 0.15) is 5.69 Å². The van der Waals surface area contributed by atoms with Crippen molar-refractivity contribution in [2.45, 2.75) is 6.61 Å². The van der Waals surface area contributed by atoms with E-state index in [0.717, 1.165) is 0 Å². The number of nitrogens with zero attached hydrogens (tertiary/aromatic N) is 1. The summed E-state index contributed by atoms with van der Waals surface area (Å²) in [7, 11) is 1.27. The van der Waals surface area contributed by atoms with Crippen molar-refractivity contribution in [3.63, 3.8) is 0 Å². The van der Waals surface area contributed by atoms with Gasteiger partial charge in [-0.2, -0.15) is 0 Å². The van der Waals surface area contributed by atoms with Gasteiger partial charge in [0.15, 0.2) is 0 Å². The summed E-state index contributed by atoms with van der Waals surface area (Å²) in [5.74, 6) is 0.360. The van der Waals surface area contributed by atoms with Crippen LogP contribution in [0.5, 0.6) is 0 Å². The van der Waals surface area contributed by atoms with E-state index in [9.17, 15) is 4.79 Å². The first-order chi connectivity index (χ1) is 6.26. The molecule has 5 nitrogen and oxygen atoms in total. The van der Waals surface area contributed by atoms with Crippen LogP contribution in [0, 0.1) is 0 Å². The molecule has 0 fully saturated rings. The van der Waals surface area contributed by atoms with Crippen molar-refractivity contribution in [3.8, 4) is 0 Å². The highest BCUT2D eigenvalue weighted by molar-refractivity contribution is 5.83. The van der Waals surface area contributed by atoms with Crippen molar-refractivity contribution in [2.24, 2.45) is 0 Å². The molecular formula is C8H10N2O3. The standard InChI is InChI=1S/C8H10N2O3/c1-13-8(12)10-7-4-2-3-6(5-11)9-7/h2-4,11H,5H2,1H3,(H,9,10,12). The van der Waals surface area contributed by atoms with Gasteiger partial charge in [0.05, 0.1) is 19.4 Å². The van der Waals surface area contributed by atoms with E-state index < -0.39 is 6.09 Å². The van der Waals surface area contributed by atoms with Gasteiger partial charge in [0.2, 0.25) is 0 Å². The number of pyridine rings is 1. The lowest BCUT2D eigenvalue weighted by molar-refractivity contribution is 0.186. The molecule has 0 saturated heterocycles. The van der Waals surface area contributed by atoms with E-state index in [0.29, 0.717) is 11.5 Å². The number of ether oxygens (including phenoxy) is 1. The fourth-order valence-electron chi connectivity index (χ4n) is 0.793. The number of nitrogens with one attached hydrogen (secondary N) is 1. The van der Waals surface area contributed by atoms with Gasteiger partial charge in [-0.25, -0.2) is 9.78 Å². The second-order valence-corrected chi connectivity index (χ2v) is 2.29. The van der Waals surface area contributed by atoms with Crippen LogP contribution in [0.25, 0.3) is 0 Å². The maximum atomic E-state index is 10.7. The van der Waals surface area contributed by atoms with Crippen LogP contribution < -0.4 is 5.32 Å². The molecule has 0 radical (unpaired) electrons. The Kier molecular flexibility index (Phi) is 3.22. The zero-order chi connectivity index (χ0) is 9.68. The number of anilines is 1. The highest BCUT2D eigenvalue weighted by Gasteiger charge is 2.01. The number of rotatable bonds is 2. The number of carbonyl (C=O) groups excluding carboxylic acids is 1. The highest BCUT2D eigenvalue weighted by atomic mass is 16.5. The van der Waals surface area contributed by atoms with Gasteiger partial charge in [0.25, 0.3) is 0 Å². The number of aliphatic hydroxyl groups excluding tert-OH is 1. The Bertz CT molecular complexity index is 301. The summed E-state index contributed by atoms with van der Waals surface area (Å²) in [5.41, 5.74) is 0.494. The molecule has 2 N–H and O–H groups in total. The first-order valence-electron chi connectivity index (χ1n) is 3.68. The van der Waals surface area contributed by atoms with Crippen molar-refractivity contribution >= 4 is 11.9 Å². The molecule has 1 aromatic rings. The molecule has 0 unspecified atom stereocenters. The minimum absolute atomic E-state index is 0.156. The van der Waals surface area contributed by atoms with Crippen LogP contribution in [-0.4, -0.2) is 23.3 Å². The molecule has 0 aromatic carbocycles. The Hall–Kier alpha value is -1.62. The van der Waals surface area contributed by atoms with Crippen LogP contribution in [0.4, 0.5) is 10.6 Å². The number of aromatic nitrogens is 1. The van der Waals surface area contributed by atoms with E-state index >= 15 is 0 Å². The summed E-state index contributed by atoms with van der Waals surface area (Å²) >= 11 is 0. The van der Waals surface area contributed by atoms with Crippen molar-refractivity contribution in [1.29, 1.82) is 0 Å². The summed E-state index contributed by atoms with van der Waals surface area (Å²) in [6.07, 6.45) is -0.581. The van der Waals surface area contributed by atoms with Crippen molar-refractivity contribution in [2.75, 3.05) is 12.4 Å². The molecule has 5 heteroatoms. The Balaban J connectivity index is 2.71. The minimum atomic E-state index is -0.581. The smallest absolute Gasteiger partial charge is 0.412 e. The van der Waals surface area contributed by atoms with Crippen LogP contribution in [0.2, 0.25) is 0 Å². The predicted molar refractivity (Wildman–Crippen MR) is 46.2 cm³/mol. The van der Waals surface area contributed by atoms with Gasteiger partial charge < -0.3 is 9.84 Å². The third-order valence-electron chi connectivity index (χ3n) is 1.38. The average molecular weight is 182 g/mol. The number of carbonyl (C=O) groups is 1. The normalized spacial score (nSPS) is 9.38. The Morgan fingerprint density at radius 2 is 2.46 bits per heavy atom. The summed E-state index contributed by atoms with van der Waals surface area (Å²) in [6, 6.07) is 4.95. The first-order valence-corrected chi connectivity index (χ1v) is 3.68. The number of hydrogen-bond acceptors (Lipinski definition) is 4. The molecular weight excluding hydrogens is 172 g/mol. The van der Waals surface area contributed by atoms with Crippen LogP contribution in [0.3, 0.4) is 0 Å². The van der Waals surface area contributed by atoms with Gasteiger partial charge in [-0.3, -0.25) is 5.32 Å². The van der Waals surface area contributed by atoms with E-state index in [1.807, 2.05) is 0 Å². The topological polar surface area (TPSA) is 71.5 Å². The molecule has 0 aliphatic rings. The van der Waals surface area contributed by atoms with E-state index in [1.165, 1.54) is 7.11 Å². The first kappa shape index (κ1) is 9.47. The van der Waals surface area contributed by atoms with Crippen LogP contribution >= 0.6 is 0 Å². The van der Waals surface area contributed by atoms with Gasteiger partial charge in [0.1, 0.15) is 5.82 Å². The third-order valence-corrected chi connectivity index (χ3v) is 1.38. The maximum absolute atomic E-state index is 10.7. The fraction of sp³-hybridized carbons (Fsp3) is 0.250. The molecule has 1 aromatic heterocycles. The lowest BCUT2D eigenvalue weighted by Gasteiger charge is -2.03. The lowest BCUT2D eigenvalue weighted by atomic mass is 10.3. The summed E-state index contributed by atoms with van der Waals surface area (Å²) in [4.78, 5) is 14.7. The molecule has 0 bridgehead atoms. The molecule has 13 heavy (non-hydrogen) atoms. The number of hydrogen-bond donors (Lipinski definition) is 2. The molecule has 0 aliphatic carbocycles. The zero-order valence-electron chi connectivity index (χ0n) is 7.15. The largest absolute Gasteiger partial charge is 0.453 e. The summed E-state index contributed by atoms with van der Waals surface area (Å²) < 4.78 is 4.38. The molecule has 1 amide bonds. The zero-order valence-corrected chi connectivity index (χ0v) is 7.15. The number of aliphatic hydroxyl groups is 1. The highest BCUT2D eigenvalue weighted by Crippen LogP contribution is 2.04. The van der Waals surface area contributed by atoms with Gasteiger partial charge in [0, 0.05) is 0 Å². The van der Waals surface area contributed by atoms with E-state index in [4.69, 9.17) is 5.11 Å². The van der Waals surface area contributed by atoms with Crippen LogP contribution in [0.15, 0.2) is 18.2 Å². The van der Waals surface area contributed by atoms with E-state index in [-0.39, 0.29) is 6.61 Å². The Labute approximate surface area is 75.4 Å². The second-order valence-electron chi connectivity index (χ2n) is 2.29. The average Bonchev–Trinajstić information content (AvgIpc) is 2.18. The monoisotopic (exact) mass is 182 g/mol. The Morgan fingerprint density at radius 3 is 3.08 bits per heavy atom. The lowest BCUT2D eigenvalue weighted by Crippen LogP contribution is -2.12. The third kappa shape index (κ3) is 2.72. The van der Waals surface area contributed by atoms with Gasteiger partial charge >= 0.3 is 6.09 Å². The quantitative estimate of drug-likeness (QED) is 0.708.